The second-order valence-corrected chi connectivity index (χ2v) is 7.70. The lowest BCUT2D eigenvalue weighted by Gasteiger charge is -2.43. The van der Waals surface area contributed by atoms with Crippen LogP contribution in [-0.2, 0) is 16.0 Å². The molecule has 6 heteroatoms. The SMILES string of the molecule is CO[C@@]12CC[C@@H](OCCO)C[C@@H]1N(Cc1cn3cc(C)ccc3n1)CC2. The normalized spacial score (nSPS) is 29.3. The van der Waals surface area contributed by atoms with E-state index in [1.165, 1.54) is 5.56 Å². The molecule has 4 rings (SSSR count). The second kappa shape index (κ2) is 7.27. The van der Waals surface area contributed by atoms with Crippen LogP contribution < -0.4 is 0 Å². The molecule has 3 atom stereocenters. The summed E-state index contributed by atoms with van der Waals surface area (Å²) < 4.78 is 14.0. The van der Waals surface area contributed by atoms with Crippen LogP contribution in [-0.4, -0.2) is 64.0 Å². The Balaban J connectivity index is 1.51. The highest BCUT2D eigenvalue weighted by atomic mass is 16.5. The molecule has 2 fully saturated rings. The molecule has 1 aliphatic heterocycles. The third-order valence-corrected chi connectivity index (χ3v) is 6.11. The number of ether oxygens (including phenoxy) is 2. The van der Waals surface area contributed by atoms with Gasteiger partial charge in [0.05, 0.1) is 30.6 Å². The first-order valence-corrected chi connectivity index (χ1v) is 9.59. The average molecular weight is 359 g/mol. The van der Waals surface area contributed by atoms with Crippen molar-refractivity contribution in [3.8, 4) is 0 Å². The molecule has 1 saturated carbocycles. The van der Waals surface area contributed by atoms with Crippen molar-refractivity contribution in [1.82, 2.24) is 14.3 Å². The van der Waals surface area contributed by atoms with Gasteiger partial charge in [-0.3, -0.25) is 4.90 Å². The minimum atomic E-state index is -0.0607. The number of imidazole rings is 1. The minimum absolute atomic E-state index is 0.0607. The Hall–Kier alpha value is -1.47. The topological polar surface area (TPSA) is 59.2 Å². The molecule has 0 aromatic carbocycles. The monoisotopic (exact) mass is 359 g/mol. The van der Waals surface area contributed by atoms with Gasteiger partial charge in [-0.05, 0) is 44.2 Å². The summed E-state index contributed by atoms with van der Waals surface area (Å²) >= 11 is 0. The van der Waals surface area contributed by atoms with E-state index in [0.717, 1.165) is 50.1 Å². The smallest absolute Gasteiger partial charge is 0.137 e. The predicted molar refractivity (Wildman–Crippen MR) is 99.2 cm³/mol. The van der Waals surface area contributed by atoms with Crippen molar-refractivity contribution in [1.29, 1.82) is 0 Å². The third-order valence-electron chi connectivity index (χ3n) is 6.11. The molecule has 2 aliphatic rings. The number of nitrogens with zero attached hydrogens (tertiary/aromatic N) is 3. The fourth-order valence-corrected chi connectivity index (χ4v) is 4.76. The molecule has 6 nitrogen and oxygen atoms in total. The Morgan fingerprint density at radius 1 is 1.31 bits per heavy atom. The Kier molecular flexibility index (Phi) is 5.01. The number of pyridine rings is 1. The summed E-state index contributed by atoms with van der Waals surface area (Å²) in [6.45, 7) is 4.46. The van der Waals surface area contributed by atoms with E-state index in [-0.39, 0.29) is 18.3 Å². The first-order valence-electron chi connectivity index (χ1n) is 9.59. The standard InChI is InChI=1S/C20H29N3O3/c1-15-3-4-19-21-16(14-23(19)12-15)13-22-8-7-20(25-2)6-5-17(11-18(20)22)26-10-9-24/h3-4,12,14,17-18,24H,5-11,13H2,1-2H3/t17-,18+,20-/m1/s1. The molecule has 0 bridgehead atoms. The highest BCUT2D eigenvalue weighted by Crippen LogP contribution is 2.43. The maximum atomic E-state index is 9.05. The zero-order valence-corrected chi connectivity index (χ0v) is 15.7. The second-order valence-electron chi connectivity index (χ2n) is 7.70. The Morgan fingerprint density at radius 3 is 3.00 bits per heavy atom. The van der Waals surface area contributed by atoms with E-state index in [4.69, 9.17) is 19.6 Å². The number of rotatable bonds is 6. The summed E-state index contributed by atoms with van der Waals surface area (Å²) in [7, 11) is 1.85. The van der Waals surface area contributed by atoms with E-state index in [0.29, 0.717) is 12.6 Å². The van der Waals surface area contributed by atoms with Gasteiger partial charge in [-0.15, -0.1) is 0 Å². The van der Waals surface area contributed by atoms with Crippen molar-refractivity contribution in [2.75, 3.05) is 26.9 Å². The van der Waals surface area contributed by atoms with E-state index in [2.05, 4.69) is 40.8 Å². The Labute approximate surface area is 154 Å². The van der Waals surface area contributed by atoms with Gasteiger partial charge in [0.25, 0.3) is 0 Å². The lowest BCUT2D eigenvalue weighted by atomic mass is 9.79. The summed E-state index contributed by atoms with van der Waals surface area (Å²) in [6, 6.07) is 4.51. The van der Waals surface area contributed by atoms with Crippen LogP contribution in [0.3, 0.4) is 0 Å². The van der Waals surface area contributed by atoms with Crippen molar-refractivity contribution in [3.63, 3.8) is 0 Å². The highest BCUT2D eigenvalue weighted by Gasteiger charge is 2.51. The molecule has 2 aromatic rings. The number of fused-ring (bicyclic) bond motifs is 2. The van der Waals surface area contributed by atoms with E-state index >= 15 is 0 Å². The zero-order valence-electron chi connectivity index (χ0n) is 15.7. The van der Waals surface area contributed by atoms with Crippen LogP contribution in [0.2, 0.25) is 0 Å². The number of aryl methyl sites for hydroxylation is 1. The van der Waals surface area contributed by atoms with Crippen LogP contribution in [0.4, 0.5) is 0 Å². The number of methoxy groups -OCH3 is 1. The van der Waals surface area contributed by atoms with Gasteiger partial charge in [0.2, 0.25) is 0 Å². The van der Waals surface area contributed by atoms with Crippen LogP contribution in [0.25, 0.3) is 5.65 Å². The molecule has 1 aliphatic carbocycles. The zero-order chi connectivity index (χ0) is 18.1. The first kappa shape index (κ1) is 17.9. The van der Waals surface area contributed by atoms with Gasteiger partial charge in [0.1, 0.15) is 5.65 Å². The van der Waals surface area contributed by atoms with Gasteiger partial charge in [0, 0.05) is 38.6 Å². The highest BCUT2D eigenvalue weighted by molar-refractivity contribution is 5.41. The maximum Gasteiger partial charge on any atom is 0.137 e. The average Bonchev–Trinajstić information content (AvgIpc) is 3.21. The number of aliphatic hydroxyl groups excluding tert-OH is 1. The summed E-state index contributed by atoms with van der Waals surface area (Å²) in [5.41, 5.74) is 3.27. The van der Waals surface area contributed by atoms with Gasteiger partial charge < -0.3 is 19.0 Å². The summed E-state index contributed by atoms with van der Waals surface area (Å²) in [5, 5.41) is 9.05. The van der Waals surface area contributed by atoms with E-state index in [1.807, 2.05) is 7.11 Å². The van der Waals surface area contributed by atoms with Crippen LogP contribution >= 0.6 is 0 Å². The largest absolute Gasteiger partial charge is 0.394 e. The number of aliphatic hydroxyl groups is 1. The Bertz CT molecular complexity index is 762. The molecule has 0 amide bonds. The van der Waals surface area contributed by atoms with Gasteiger partial charge in [-0.2, -0.15) is 0 Å². The number of likely N-dealkylation sites (tertiary alicyclic amines) is 1. The molecular formula is C20H29N3O3. The third kappa shape index (κ3) is 3.27. The van der Waals surface area contributed by atoms with Crippen LogP contribution in [0.1, 0.15) is 36.9 Å². The molecule has 26 heavy (non-hydrogen) atoms. The van der Waals surface area contributed by atoms with Crippen molar-refractivity contribution in [2.45, 2.75) is 56.9 Å². The van der Waals surface area contributed by atoms with E-state index < -0.39 is 0 Å². The van der Waals surface area contributed by atoms with Crippen LogP contribution in [0.15, 0.2) is 24.5 Å². The summed E-state index contributed by atoms with van der Waals surface area (Å²) in [6.07, 6.45) is 8.51. The molecule has 2 aromatic heterocycles. The van der Waals surface area contributed by atoms with E-state index in [1.54, 1.807) is 0 Å². The molecule has 142 valence electrons. The molecule has 0 unspecified atom stereocenters. The van der Waals surface area contributed by atoms with Crippen LogP contribution in [0.5, 0.6) is 0 Å². The fourth-order valence-electron chi connectivity index (χ4n) is 4.76. The molecule has 1 N–H and O–H groups in total. The first-order chi connectivity index (χ1) is 12.6. The summed E-state index contributed by atoms with van der Waals surface area (Å²) in [4.78, 5) is 7.29. The van der Waals surface area contributed by atoms with Gasteiger partial charge >= 0.3 is 0 Å². The van der Waals surface area contributed by atoms with Gasteiger partial charge in [0.15, 0.2) is 0 Å². The lowest BCUT2D eigenvalue weighted by molar-refractivity contribution is -0.104. The van der Waals surface area contributed by atoms with Crippen molar-refractivity contribution in [3.05, 3.63) is 35.8 Å². The summed E-state index contributed by atoms with van der Waals surface area (Å²) in [5.74, 6) is 0. The van der Waals surface area contributed by atoms with Gasteiger partial charge in [-0.25, -0.2) is 4.98 Å². The quantitative estimate of drug-likeness (QED) is 0.857. The molecule has 0 radical (unpaired) electrons. The van der Waals surface area contributed by atoms with Crippen molar-refractivity contribution in [2.24, 2.45) is 0 Å². The molecule has 3 heterocycles. The predicted octanol–water partition coefficient (Wildman–Crippen LogP) is 2.16. The number of hydrogen-bond donors (Lipinski definition) is 1. The molecular weight excluding hydrogens is 330 g/mol. The molecule has 1 saturated heterocycles. The van der Waals surface area contributed by atoms with Crippen molar-refractivity contribution < 1.29 is 14.6 Å². The number of aromatic nitrogens is 2. The lowest BCUT2D eigenvalue weighted by Crippen LogP contribution is -2.51. The molecule has 0 spiro atoms. The van der Waals surface area contributed by atoms with E-state index in [9.17, 15) is 0 Å². The number of hydrogen-bond acceptors (Lipinski definition) is 5. The van der Waals surface area contributed by atoms with Gasteiger partial charge in [-0.1, -0.05) is 6.07 Å². The Morgan fingerprint density at radius 2 is 2.19 bits per heavy atom. The van der Waals surface area contributed by atoms with Crippen LogP contribution in [0, 0.1) is 6.92 Å². The van der Waals surface area contributed by atoms with Crippen molar-refractivity contribution >= 4 is 5.65 Å². The fraction of sp³-hybridized carbons (Fsp3) is 0.650. The maximum absolute atomic E-state index is 9.05. The minimum Gasteiger partial charge on any atom is -0.394 e.